The molecule has 0 atom stereocenters. The molecule has 0 aliphatic rings. The molecule has 1 aromatic carbocycles. The van der Waals surface area contributed by atoms with Crippen LogP contribution in [0, 0.1) is 3.57 Å². The molecule has 0 saturated carbocycles. The predicted molar refractivity (Wildman–Crippen MR) is 65.9 cm³/mol. The predicted octanol–water partition coefficient (Wildman–Crippen LogP) is 1.01. The van der Waals surface area contributed by atoms with Gasteiger partial charge in [0, 0.05) is 28.8 Å². The molecule has 5 heteroatoms. The van der Waals surface area contributed by atoms with E-state index in [2.05, 4.69) is 33.2 Å². The summed E-state index contributed by atoms with van der Waals surface area (Å²) < 4.78 is 0.854. The average Bonchev–Trinajstić information content (AvgIpc) is 2.26. The first-order chi connectivity index (χ1) is 7.08. The summed E-state index contributed by atoms with van der Waals surface area (Å²) in [7, 11) is 3.11. The molecule has 0 radical (unpaired) electrons. The number of nitrogens with one attached hydrogen (secondary N) is 2. The topological polar surface area (TPSA) is 58.2 Å². The van der Waals surface area contributed by atoms with Crippen molar-refractivity contribution in [2.45, 2.75) is 0 Å². The van der Waals surface area contributed by atoms with Crippen LogP contribution in [0.5, 0.6) is 0 Å². The lowest BCUT2D eigenvalue weighted by Crippen LogP contribution is -2.21. The van der Waals surface area contributed by atoms with Gasteiger partial charge in [-0.1, -0.05) is 0 Å². The normalized spacial score (nSPS) is 9.53. The average molecular weight is 318 g/mol. The fraction of sp³-hybridized carbons (Fsp3) is 0.200. The highest BCUT2D eigenvalue weighted by Crippen LogP contribution is 2.12. The molecule has 0 bridgehead atoms. The number of benzene rings is 1. The molecule has 0 heterocycles. The lowest BCUT2D eigenvalue weighted by Gasteiger charge is -2.04. The molecule has 4 nitrogen and oxygen atoms in total. The van der Waals surface area contributed by atoms with Gasteiger partial charge in [-0.25, -0.2) is 0 Å². The standard InChI is InChI=1S/C10H11IN2O2/c1-12-9(14)6-3-7(10(15)13-2)5-8(11)4-6/h3-5H,1-2H3,(H,12,14)(H,13,15). The Labute approximate surface area is 102 Å². The number of carbonyl (C=O) groups excluding carboxylic acids is 2. The Kier molecular flexibility index (Phi) is 4.07. The Bertz CT molecular complexity index is 370. The molecule has 0 spiro atoms. The van der Waals surface area contributed by atoms with Crippen LogP contribution in [0.4, 0.5) is 0 Å². The molecule has 15 heavy (non-hydrogen) atoms. The van der Waals surface area contributed by atoms with E-state index in [1.54, 1.807) is 32.3 Å². The van der Waals surface area contributed by atoms with Gasteiger partial charge in [0.15, 0.2) is 0 Å². The maximum atomic E-state index is 11.4. The molecular formula is C10H11IN2O2. The third kappa shape index (κ3) is 2.92. The summed E-state index contributed by atoms with van der Waals surface area (Å²) >= 11 is 2.07. The van der Waals surface area contributed by atoms with E-state index in [0.29, 0.717) is 11.1 Å². The summed E-state index contributed by atoms with van der Waals surface area (Å²) in [6, 6.07) is 5.03. The zero-order chi connectivity index (χ0) is 11.4. The monoisotopic (exact) mass is 318 g/mol. The Hall–Kier alpha value is -1.11. The van der Waals surface area contributed by atoms with Gasteiger partial charge >= 0.3 is 0 Å². The van der Waals surface area contributed by atoms with Crippen molar-refractivity contribution in [2.75, 3.05) is 14.1 Å². The van der Waals surface area contributed by atoms with E-state index in [9.17, 15) is 9.59 Å². The number of rotatable bonds is 2. The second-order valence-corrected chi connectivity index (χ2v) is 4.13. The van der Waals surface area contributed by atoms with Crippen molar-refractivity contribution in [2.24, 2.45) is 0 Å². The van der Waals surface area contributed by atoms with Crippen molar-refractivity contribution < 1.29 is 9.59 Å². The van der Waals surface area contributed by atoms with Crippen LogP contribution >= 0.6 is 22.6 Å². The molecule has 1 rings (SSSR count). The van der Waals surface area contributed by atoms with E-state index in [0.717, 1.165) is 3.57 Å². The fourth-order valence-electron chi connectivity index (χ4n) is 1.14. The lowest BCUT2D eigenvalue weighted by molar-refractivity contribution is 0.0962. The fourth-order valence-corrected chi connectivity index (χ4v) is 1.81. The first-order valence-electron chi connectivity index (χ1n) is 4.33. The van der Waals surface area contributed by atoms with Crippen molar-refractivity contribution in [1.82, 2.24) is 10.6 Å². The van der Waals surface area contributed by atoms with Gasteiger partial charge in [0.25, 0.3) is 11.8 Å². The van der Waals surface area contributed by atoms with Crippen LogP contribution in [0.25, 0.3) is 0 Å². The highest BCUT2D eigenvalue weighted by molar-refractivity contribution is 14.1. The SMILES string of the molecule is CNC(=O)c1cc(I)cc(C(=O)NC)c1. The molecule has 2 N–H and O–H groups in total. The lowest BCUT2D eigenvalue weighted by atomic mass is 10.1. The molecular weight excluding hydrogens is 307 g/mol. The van der Waals surface area contributed by atoms with Crippen LogP contribution in [0.2, 0.25) is 0 Å². The quantitative estimate of drug-likeness (QED) is 0.800. The number of amides is 2. The van der Waals surface area contributed by atoms with Crippen LogP contribution in [-0.4, -0.2) is 25.9 Å². The molecule has 0 fully saturated rings. The minimum absolute atomic E-state index is 0.196. The Morgan fingerprint density at radius 1 is 1.00 bits per heavy atom. The number of halogens is 1. The zero-order valence-electron chi connectivity index (χ0n) is 8.43. The van der Waals surface area contributed by atoms with E-state index >= 15 is 0 Å². The maximum absolute atomic E-state index is 11.4. The zero-order valence-corrected chi connectivity index (χ0v) is 10.6. The second-order valence-electron chi connectivity index (χ2n) is 2.89. The second kappa shape index (κ2) is 5.11. The van der Waals surface area contributed by atoms with Crippen LogP contribution in [0.15, 0.2) is 18.2 Å². The van der Waals surface area contributed by atoms with Crippen molar-refractivity contribution in [3.05, 3.63) is 32.9 Å². The third-order valence-electron chi connectivity index (χ3n) is 1.88. The van der Waals surface area contributed by atoms with Crippen molar-refractivity contribution in [3.8, 4) is 0 Å². The highest BCUT2D eigenvalue weighted by Gasteiger charge is 2.09. The van der Waals surface area contributed by atoms with E-state index in [4.69, 9.17) is 0 Å². The Morgan fingerprint density at radius 3 is 1.73 bits per heavy atom. The van der Waals surface area contributed by atoms with E-state index in [-0.39, 0.29) is 11.8 Å². The molecule has 0 aliphatic heterocycles. The first kappa shape index (κ1) is 12.0. The summed E-state index contributed by atoms with van der Waals surface area (Å²) in [5.74, 6) is -0.391. The van der Waals surface area contributed by atoms with Gasteiger partial charge in [0.1, 0.15) is 0 Å². The summed E-state index contributed by atoms with van der Waals surface area (Å²) in [6.45, 7) is 0. The molecule has 80 valence electrons. The van der Waals surface area contributed by atoms with Gasteiger partial charge in [-0.05, 0) is 40.8 Å². The number of hydrogen-bond acceptors (Lipinski definition) is 2. The summed E-state index contributed by atoms with van der Waals surface area (Å²) in [4.78, 5) is 22.8. The number of carbonyl (C=O) groups is 2. The molecule has 1 aromatic rings. The van der Waals surface area contributed by atoms with E-state index in [1.165, 1.54) is 0 Å². The van der Waals surface area contributed by atoms with Gasteiger partial charge in [0.2, 0.25) is 0 Å². The van der Waals surface area contributed by atoms with Crippen LogP contribution < -0.4 is 10.6 Å². The van der Waals surface area contributed by atoms with Crippen LogP contribution in [0.3, 0.4) is 0 Å². The third-order valence-corrected chi connectivity index (χ3v) is 2.50. The summed E-state index contributed by atoms with van der Waals surface area (Å²) in [5, 5.41) is 5.04. The van der Waals surface area contributed by atoms with Crippen molar-refractivity contribution in [1.29, 1.82) is 0 Å². The molecule has 0 saturated heterocycles. The van der Waals surface area contributed by atoms with Gasteiger partial charge in [-0.2, -0.15) is 0 Å². The smallest absolute Gasteiger partial charge is 0.251 e. The minimum Gasteiger partial charge on any atom is -0.355 e. The Morgan fingerprint density at radius 2 is 1.40 bits per heavy atom. The van der Waals surface area contributed by atoms with Crippen molar-refractivity contribution in [3.63, 3.8) is 0 Å². The summed E-state index contributed by atoms with van der Waals surface area (Å²) in [6.07, 6.45) is 0. The van der Waals surface area contributed by atoms with Gasteiger partial charge < -0.3 is 10.6 Å². The van der Waals surface area contributed by atoms with E-state index in [1.807, 2.05) is 0 Å². The van der Waals surface area contributed by atoms with Crippen LogP contribution in [-0.2, 0) is 0 Å². The molecule has 0 aliphatic carbocycles. The maximum Gasteiger partial charge on any atom is 0.251 e. The van der Waals surface area contributed by atoms with Gasteiger partial charge in [0.05, 0.1) is 0 Å². The highest BCUT2D eigenvalue weighted by atomic mass is 127. The number of hydrogen-bond donors (Lipinski definition) is 2. The van der Waals surface area contributed by atoms with Crippen molar-refractivity contribution >= 4 is 34.4 Å². The largest absolute Gasteiger partial charge is 0.355 e. The van der Waals surface area contributed by atoms with Gasteiger partial charge in [-0.15, -0.1) is 0 Å². The Balaban J connectivity index is 3.16. The minimum atomic E-state index is -0.196. The molecule has 2 amide bonds. The molecule has 0 aromatic heterocycles. The summed E-state index contributed by atoms with van der Waals surface area (Å²) in [5.41, 5.74) is 0.978. The molecule has 0 unspecified atom stereocenters. The van der Waals surface area contributed by atoms with Crippen LogP contribution in [0.1, 0.15) is 20.7 Å². The first-order valence-corrected chi connectivity index (χ1v) is 5.41. The van der Waals surface area contributed by atoms with E-state index < -0.39 is 0 Å². The van der Waals surface area contributed by atoms with Gasteiger partial charge in [-0.3, -0.25) is 9.59 Å².